The van der Waals surface area contributed by atoms with Crippen molar-refractivity contribution in [1.82, 2.24) is 20.3 Å². The van der Waals surface area contributed by atoms with Gasteiger partial charge in [-0.3, -0.25) is 4.79 Å². The van der Waals surface area contributed by atoms with Gasteiger partial charge >= 0.3 is 0 Å². The molecule has 1 atom stereocenters. The van der Waals surface area contributed by atoms with Crippen molar-refractivity contribution in [2.45, 2.75) is 26.1 Å². The van der Waals surface area contributed by atoms with Crippen LogP contribution in [0.3, 0.4) is 0 Å². The largest absolute Gasteiger partial charge is 0.348 e. The van der Waals surface area contributed by atoms with Gasteiger partial charge in [0.25, 0.3) is 0 Å². The molecule has 0 aliphatic rings. The van der Waals surface area contributed by atoms with Crippen LogP contribution in [0.15, 0.2) is 24.4 Å². The molecule has 1 unspecified atom stereocenters. The van der Waals surface area contributed by atoms with E-state index in [2.05, 4.69) is 15.6 Å². The molecule has 1 aromatic heterocycles. The molecule has 6 nitrogen and oxygen atoms in total. The quantitative estimate of drug-likeness (QED) is 0.878. The second-order valence-corrected chi connectivity index (χ2v) is 5.39. The molecule has 0 bridgehead atoms. The summed E-state index contributed by atoms with van der Waals surface area (Å²) < 4.78 is 1.44. The zero-order valence-electron chi connectivity index (χ0n) is 11.4. The Balaban J connectivity index is 1.96. The van der Waals surface area contributed by atoms with Crippen LogP contribution in [-0.4, -0.2) is 20.9 Å². The zero-order valence-corrected chi connectivity index (χ0v) is 12.9. The second kappa shape index (κ2) is 6.89. The molecule has 3 N–H and O–H groups in total. The van der Waals surface area contributed by atoms with Gasteiger partial charge in [0.15, 0.2) is 0 Å². The average Bonchev–Trinajstić information content (AvgIpc) is 2.89. The fourth-order valence-electron chi connectivity index (χ4n) is 1.81. The lowest BCUT2D eigenvalue weighted by atomic mass is 10.1. The highest BCUT2D eigenvalue weighted by molar-refractivity contribution is 6.42. The molecule has 0 saturated heterocycles. The fraction of sp³-hybridized carbons (Fsp3) is 0.308. The number of amides is 1. The van der Waals surface area contributed by atoms with Gasteiger partial charge in [-0.1, -0.05) is 34.5 Å². The molecule has 0 radical (unpaired) electrons. The molecule has 1 heterocycles. The third-order valence-corrected chi connectivity index (χ3v) is 3.66. The third-order valence-electron chi connectivity index (χ3n) is 2.92. The van der Waals surface area contributed by atoms with Crippen LogP contribution in [0, 0.1) is 0 Å². The van der Waals surface area contributed by atoms with Crippen LogP contribution in [-0.2, 0) is 17.9 Å². The van der Waals surface area contributed by atoms with Crippen molar-refractivity contribution in [3.63, 3.8) is 0 Å². The lowest BCUT2D eigenvalue weighted by Crippen LogP contribution is -2.30. The van der Waals surface area contributed by atoms with Gasteiger partial charge < -0.3 is 11.1 Å². The number of hydrogen-bond donors (Lipinski definition) is 2. The maximum absolute atomic E-state index is 12.0. The summed E-state index contributed by atoms with van der Waals surface area (Å²) in [6.07, 6.45) is 1.64. The Kier molecular flexibility index (Phi) is 5.17. The highest BCUT2D eigenvalue weighted by Gasteiger charge is 2.12. The molecule has 1 aromatic carbocycles. The van der Waals surface area contributed by atoms with E-state index in [4.69, 9.17) is 28.9 Å². The molecule has 2 rings (SSSR count). The lowest BCUT2D eigenvalue weighted by molar-refractivity contribution is -0.122. The Morgan fingerprint density at radius 1 is 1.43 bits per heavy atom. The highest BCUT2D eigenvalue weighted by Crippen LogP contribution is 2.25. The van der Waals surface area contributed by atoms with Crippen molar-refractivity contribution < 1.29 is 4.79 Å². The first kappa shape index (κ1) is 15.8. The van der Waals surface area contributed by atoms with Crippen LogP contribution in [0.4, 0.5) is 0 Å². The summed E-state index contributed by atoms with van der Waals surface area (Å²) in [4.78, 5) is 12.0. The molecule has 0 spiro atoms. The summed E-state index contributed by atoms with van der Waals surface area (Å²) in [5, 5.41) is 11.4. The molecule has 1 amide bonds. The van der Waals surface area contributed by atoms with Gasteiger partial charge in [-0.25, -0.2) is 4.68 Å². The Bertz CT molecular complexity index is 643. The van der Waals surface area contributed by atoms with Crippen molar-refractivity contribution in [1.29, 1.82) is 0 Å². The molecule has 0 aliphatic heterocycles. The first-order chi connectivity index (χ1) is 9.99. The number of aromatic nitrogens is 3. The molecule has 0 saturated carbocycles. The maximum atomic E-state index is 12.0. The van der Waals surface area contributed by atoms with Crippen molar-refractivity contribution in [3.8, 4) is 0 Å². The van der Waals surface area contributed by atoms with Gasteiger partial charge in [-0.15, -0.1) is 5.10 Å². The predicted octanol–water partition coefficient (Wildman–Crippen LogP) is 1.92. The molecule has 0 aliphatic carbocycles. The molecule has 8 heteroatoms. The van der Waals surface area contributed by atoms with Crippen molar-refractivity contribution in [3.05, 3.63) is 45.7 Å². The minimum absolute atomic E-state index is 0.0820. The van der Waals surface area contributed by atoms with Crippen LogP contribution in [0.25, 0.3) is 0 Å². The summed E-state index contributed by atoms with van der Waals surface area (Å²) >= 11 is 11.8. The topological polar surface area (TPSA) is 85.8 Å². The van der Waals surface area contributed by atoms with E-state index in [1.165, 1.54) is 4.68 Å². The first-order valence-electron chi connectivity index (χ1n) is 6.33. The van der Waals surface area contributed by atoms with Gasteiger partial charge in [-0.05, 0) is 24.6 Å². The number of hydrogen-bond acceptors (Lipinski definition) is 4. The van der Waals surface area contributed by atoms with E-state index in [1.54, 1.807) is 18.3 Å². The molecular formula is C13H15Cl2N5O. The molecule has 21 heavy (non-hydrogen) atoms. The molecule has 0 fully saturated rings. The van der Waals surface area contributed by atoms with E-state index >= 15 is 0 Å². The van der Waals surface area contributed by atoms with Gasteiger partial charge in [0, 0.05) is 6.54 Å². The zero-order chi connectivity index (χ0) is 15.4. The minimum Gasteiger partial charge on any atom is -0.348 e. The number of nitrogens with one attached hydrogen (secondary N) is 1. The Hall–Kier alpha value is -1.63. The van der Waals surface area contributed by atoms with Crippen molar-refractivity contribution in [2.75, 3.05) is 0 Å². The fourth-order valence-corrected chi connectivity index (χ4v) is 2.12. The van der Waals surface area contributed by atoms with Gasteiger partial charge in [0.1, 0.15) is 6.54 Å². The normalized spacial score (nSPS) is 12.2. The van der Waals surface area contributed by atoms with Crippen LogP contribution in [0.5, 0.6) is 0 Å². The predicted molar refractivity (Wildman–Crippen MR) is 80.9 cm³/mol. The third kappa shape index (κ3) is 4.17. The first-order valence-corrected chi connectivity index (χ1v) is 7.08. The van der Waals surface area contributed by atoms with E-state index in [0.29, 0.717) is 22.3 Å². The summed E-state index contributed by atoms with van der Waals surface area (Å²) in [6.45, 7) is 2.24. The van der Waals surface area contributed by atoms with E-state index in [0.717, 1.165) is 5.56 Å². The Morgan fingerprint density at radius 3 is 2.81 bits per heavy atom. The van der Waals surface area contributed by atoms with Crippen LogP contribution >= 0.6 is 23.2 Å². The highest BCUT2D eigenvalue weighted by atomic mass is 35.5. The van der Waals surface area contributed by atoms with Gasteiger partial charge in [0.2, 0.25) is 5.91 Å². The Labute approximate surface area is 132 Å². The number of carbonyl (C=O) groups excluding carboxylic acids is 1. The standard InChI is InChI=1S/C13H15Cl2N5O/c1-8(9-2-3-11(14)12(15)4-9)17-13(21)7-20-6-10(5-16)18-19-20/h2-4,6,8H,5,7,16H2,1H3,(H,17,21). The summed E-state index contributed by atoms with van der Waals surface area (Å²) in [7, 11) is 0. The Morgan fingerprint density at radius 2 is 2.19 bits per heavy atom. The SMILES string of the molecule is CC(NC(=O)Cn1cc(CN)nn1)c1ccc(Cl)c(Cl)c1. The molecule has 112 valence electrons. The van der Waals surface area contributed by atoms with E-state index in [9.17, 15) is 4.79 Å². The van der Waals surface area contributed by atoms with Gasteiger partial charge in [-0.2, -0.15) is 0 Å². The van der Waals surface area contributed by atoms with Gasteiger partial charge in [0.05, 0.1) is 28.0 Å². The lowest BCUT2D eigenvalue weighted by Gasteiger charge is -2.15. The number of nitrogens with two attached hydrogens (primary N) is 1. The van der Waals surface area contributed by atoms with E-state index < -0.39 is 0 Å². The second-order valence-electron chi connectivity index (χ2n) is 4.57. The van der Waals surface area contributed by atoms with Crippen molar-refractivity contribution in [2.24, 2.45) is 5.73 Å². The van der Waals surface area contributed by atoms with E-state index in [-0.39, 0.29) is 18.5 Å². The average molecular weight is 328 g/mol. The number of carbonyl (C=O) groups is 1. The smallest absolute Gasteiger partial charge is 0.242 e. The number of nitrogens with zero attached hydrogens (tertiary/aromatic N) is 3. The number of benzene rings is 1. The summed E-state index contributed by atoms with van der Waals surface area (Å²) in [6, 6.07) is 5.06. The maximum Gasteiger partial charge on any atom is 0.242 e. The van der Waals surface area contributed by atoms with Crippen LogP contribution in [0.2, 0.25) is 10.0 Å². The summed E-state index contributed by atoms with van der Waals surface area (Å²) in [5.74, 6) is -0.179. The number of halogens is 2. The van der Waals surface area contributed by atoms with Crippen LogP contribution < -0.4 is 11.1 Å². The molecular weight excluding hydrogens is 313 g/mol. The monoisotopic (exact) mass is 327 g/mol. The molecule has 2 aromatic rings. The van der Waals surface area contributed by atoms with E-state index in [1.807, 2.05) is 13.0 Å². The van der Waals surface area contributed by atoms with Crippen molar-refractivity contribution >= 4 is 29.1 Å². The minimum atomic E-state index is -0.190. The number of rotatable bonds is 5. The summed E-state index contributed by atoms with van der Waals surface area (Å²) in [5.41, 5.74) is 6.95. The van der Waals surface area contributed by atoms with Crippen LogP contribution in [0.1, 0.15) is 24.2 Å².